The Kier molecular flexibility index (Phi) is 4.52. The van der Waals surface area contributed by atoms with E-state index in [0.29, 0.717) is 5.75 Å². The summed E-state index contributed by atoms with van der Waals surface area (Å²) in [5, 5.41) is 0.944. The molecule has 4 rings (SSSR count). The Hall–Kier alpha value is -2.63. The van der Waals surface area contributed by atoms with Crippen molar-refractivity contribution in [2.45, 2.75) is 46.6 Å². The topological polar surface area (TPSA) is 75.7 Å². The smallest absolute Gasteiger partial charge is 0.279 e. The van der Waals surface area contributed by atoms with Crippen molar-refractivity contribution in [3.05, 3.63) is 41.0 Å². The van der Waals surface area contributed by atoms with E-state index in [1.165, 1.54) is 11.1 Å². The van der Waals surface area contributed by atoms with Crippen LogP contribution in [-0.4, -0.2) is 28.8 Å². The minimum absolute atomic E-state index is 0.139. The van der Waals surface area contributed by atoms with E-state index in [4.69, 9.17) is 4.74 Å². The number of hydrazine groups is 1. The van der Waals surface area contributed by atoms with Crippen LogP contribution in [0.2, 0.25) is 0 Å². The van der Waals surface area contributed by atoms with Gasteiger partial charge in [-0.25, -0.2) is 0 Å². The number of allylic oxidation sites excluding steroid dienone is 2. The maximum absolute atomic E-state index is 12.9. The van der Waals surface area contributed by atoms with Crippen molar-refractivity contribution < 1.29 is 19.1 Å². The maximum Gasteiger partial charge on any atom is 0.279 e. The van der Waals surface area contributed by atoms with Gasteiger partial charge >= 0.3 is 0 Å². The summed E-state index contributed by atoms with van der Waals surface area (Å²) in [4.78, 5) is 38.4. The molecule has 0 radical (unpaired) electrons. The van der Waals surface area contributed by atoms with Crippen LogP contribution in [0.5, 0.6) is 5.75 Å². The molecule has 1 N–H and O–H groups in total. The Labute approximate surface area is 164 Å². The van der Waals surface area contributed by atoms with Crippen LogP contribution in [0.25, 0.3) is 0 Å². The van der Waals surface area contributed by atoms with Crippen LogP contribution in [0.3, 0.4) is 0 Å². The largest absolute Gasteiger partial charge is 0.481 e. The number of nitrogens with one attached hydrogen (secondary N) is 1. The number of amides is 3. The van der Waals surface area contributed by atoms with Crippen LogP contribution >= 0.6 is 0 Å². The fourth-order valence-electron chi connectivity index (χ4n) is 5.18. The molecule has 1 aromatic carbocycles. The number of imide groups is 1. The van der Waals surface area contributed by atoms with E-state index in [9.17, 15) is 14.4 Å². The fraction of sp³-hybridized carbons (Fsp3) is 0.500. The number of hydrogen-bond donors (Lipinski definition) is 1. The highest BCUT2D eigenvalue weighted by Gasteiger charge is 2.63. The number of benzene rings is 1. The molecular formula is C22H26N2O4. The first-order valence-electron chi connectivity index (χ1n) is 9.88. The molecule has 0 unspecified atom stereocenters. The second-order valence-corrected chi connectivity index (χ2v) is 8.36. The number of ether oxygens (including phenoxy) is 1. The molecule has 2 aliphatic carbocycles. The van der Waals surface area contributed by atoms with Crippen LogP contribution in [-0.2, 0) is 14.4 Å². The van der Waals surface area contributed by atoms with Crippen molar-refractivity contribution in [2.75, 3.05) is 0 Å². The summed E-state index contributed by atoms with van der Waals surface area (Å²) >= 11 is 0. The van der Waals surface area contributed by atoms with Crippen LogP contribution in [0, 0.1) is 30.6 Å². The van der Waals surface area contributed by atoms with Gasteiger partial charge in [0.1, 0.15) is 5.75 Å². The molecule has 28 heavy (non-hydrogen) atoms. The molecule has 3 aliphatic rings. The molecule has 6 heteroatoms. The van der Waals surface area contributed by atoms with E-state index >= 15 is 0 Å². The molecule has 3 fully saturated rings. The lowest BCUT2D eigenvalue weighted by molar-refractivity contribution is -0.151. The molecule has 0 spiro atoms. The lowest BCUT2D eigenvalue weighted by Crippen LogP contribution is -2.51. The van der Waals surface area contributed by atoms with Crippen molar-refractivity contribution in [3.8, 4) is 5.75 Å². The molecule has 1 aromatic rings. The zero-order valence-corrected chi connectivity index (χ0v) is 16.7. The van der Waals surface area contributed by atoms with E-state index in [1.54, 1.807) is 19.1 Å². The van der Waals surface area contributed by atoms with Gasteiger partial charge in [-0.1, -0.05) is 28.8 Å². The molecule has 1 saturated heterocycles. The van der Waals surface area contributed by atoms with Gasteiger partial charge in [-0.15, -0.1) is 0 Å². The Morgan fingerprint density at radius 1 is 1.07 bits per heavy atom. The molecule has 2 bridgehead atoms. The number of rotatable bonds is 4. The molecule has 3 amide bonds. The van der Waals surface area contributed by atoms with Crippen molar-refractivity contribution >= 4 is 17.7 Å². The quantitative estimate of drug-likeness (QED) is 0.642. The summed E-state index contributed by atoms with van der Waals surface area (Å²) in [6.45, 7) is 7.68. The second kappa shape index (κ2) is 6.76. The summed E-state index contributed by atoms with van der Waals surface area (Å²) in [6.07, 6.45) is 1.06. The highest BCUT2D eigenvalue weighted by atomic mass is 16.5. The summed E-state index contributed by atoms with van der Waals surface area (Å²) < 4.78 is 5.64. The fourth-order valence-corrected chi connectivity index (χ4v) is 5.18. The number of hydrogen-bond acceptors (Lipinski definition) is 4. The predicted octanol–water partition coefficient (Wildman–Crippen LogP) is 2.77. The Morgan fingerprint density at radius 2 is 1.61 bits per heavy atom. The second-order valence-electron chi connectivity index (χ2n) is 8.36. The van der Waals surface area contributed by atoms with Gasteiger partial charge < -0.3 is 4.74 Å². The maximum atomic E-state index is 12.9. The molecular weight excluding hydrogens is 356 g/mol. The number of aryl methyl sites for hydroxylation is 1. The van der Waals surface area contributed by atoms with Gasteiger partial charge in [0.2, 0.25) is 0 Å². The van der Waals surface area contributed by atoms with Gasteiger partial charge in [-0.05, 0) is 64.5 Å². The molecule has 1 aliphatic heterocycles. The average Bonchev–Trinajstić information content (AvgIpc) is 3.29. The number of nitrogens with zero attached hydrogens (tertiary/aromatic N) is 1. The zero-order valence-electron chi connectivity index (χ0n) is 16.7. The van der Waals surface area contributed by atoms with Crippen molar-refractivity contribution in [3.63, 3.8) is 0 Å². The third kappa shape index (κ3) is 2.82. The van der Waals surface area contributed by atoms with Crippen LogP contribution in [0.4, 0.5) is 0 Å². The van der Waals surface area contributed by atoms with Gasteiger partial charge in [0.25, 0.3) is 17.7 Å². The summed E-state index contributed by atoms with van der Waals surface area (Å²) in [6, 6.07) is 7.36. The minimum Gasteiger partial charge on any atom is -0.481 e. The van der Waals surface area contributed by atoms with Crippen LogP contribution in [0.1, 0.15) is 39.2 Å². The van der Waals surface area contributed by atoms with Crippen molar-refractivity contribution in [1.82, 2.24) is 10.4 Å². The summed E-state index contributed by atoms with van der Waals surface area (Å²) in [5.41, 5.74) is 6.11. The molecule has 6 nitrogen and oxygen atoms in total. The van der Waals surface area contributed by atoms with Gasteiger partial charge in [0.15, 0.2) is 6.10 Å². The van der Waals surface area contributed by atoms with E-state index in [0.717, 1.165) is 23.4 Å². The standard InChI is InChI=1S/C22H26N2O4/c1-11(2)17-15-9-10-16(17)19-18(15)21(26)24(22(19)27)23-20(25)13(4)28-14-7-5-12(3)6-8-14/h5-8,13,15-16,18-19H,9-10H2,1-4H3,(H,23,25)/t13-,15+,16+,18-,19+/m0/s1. The van der Waals surface area contributed by atoms with Gasteiger partial charge in [0, 0.05) is 0 Å². The van der Waals surface area contributed by atoms with Crippen molar-refractivity contribution in [1.29, 1.82) is 0 Å². The van der Waals surface area contributed by atoms with Crippen LogP contribution in [0.15, 0.2) is 35.4 Å². The third-order valence-corrected chi connectivity index (χ3v) is 6.35. The molecule has 2 saturated carbocycles. The number of carbonyl (C=O) groups excluding carboxylic acids is 3. The highest BCUT2D eigenvalue weighted by Crippen LogP contribution is 2.59. The van der Waals surface area contributed by atoms with Gasteiger partial charge in [-0.3, -0.25) is 19.8 Å². The lowest BCUT2D eigenvalue weighted by atomic mass is 9.81. The first-order chi connectivity index (χ1) is 13.3. The lowest BCUT2D eigenvalue weighted by Gasteiger charge is -2.22. The number of fused-ring (bicyclic) bond motifs is 5. The molecule has 1 heterocycles. The average molecular weight is 382 g/mol. The van der Waals surface area contributed by atoms with Crippen LogP contribution < -0.4 is 10.2 Å². The SMILES string of the molecule is CC(C)=C1[C@H]2CC[C@H]1[C@H]1C(=O)N(NC(=O)[C@H](C)Oc3ccc(C)cc3)C(=O)[C@H]12. The van der Waals surface area contributed by atoms with Crippen molar-refractivity contribution in [2.24, 2.45) is 23.7 Å². The first kappa shape index (κ1) is 18.7. The van der Waals surface area contributed by atoms with Gasteiger partial charge in [0.05, 0.1) is 11.8 Å². The summed E-state index contributed by atoms with van der Waals surface area (Å²) in [7, 11) is 0. The van der Waals surface area contributed by atoms with Gasteiger partial charge in [-0.2, -0.15) is 5.01 Å². The third-order valence-electron chi connectivity index (χ3n) is 6.35. The summed E-state index contributed by atoms with van der Waals surface area (Å²) in [5.74, 6) is -0.880. The monoisotopic (exact) mass is 382 g/mol. The van der Waals surface area contributed by atoms with E-state index in [2.05, 4.69) is 19.3 Å². The Balaban J connectivity index is 1.46. The minimum atomic E-state index is -0.825. The van der Waals surface area contributed by atoms with E-state index in [-0.39, 0.29) is 35.5 Å². The molecule has 148 valence electrons. The first-order valence-corrected chi connectivity index (χ1v) is 9.88. The predicted molar refractivity (Wildman–Crippen MR) is 103 cm³/mol. The number of carbonyl (C=O) groups is 3. The Bertz CT molecular complexity index is 837. The van der Waals surface area contributed by atoms with E-state index < -0.39 is 12.0 Å². The van der Waals surface area contributed by atoms with E-state index in [1.807, 2.05) is 19.1 Å². The zero-order chi connectivity index (χ0) is 20.2. The Morgan fingerprint density at radius 3 is 2.11 bits per heavy atom. The highest BCUT2D eigenvalue weighted by molar-refractivity contribution is 6.07. The molecule has 5 atom stereocenters. The molecule has 0 aromatic heterocycles. The normalized spacial score (nSPS) is 29.1.